The lowest BCUT2D eigenvalue weighted by Crippen LogP contribution is -2.32. The molecule has 1 atom stereocenters. The molecule has 0 heterocycles. The summed E-state index contributed by atoms with van der Waals surface area (Å²) >= 11 is 0. The van der Waals surface area contributed by atoms with Gasteiger partial charge in [0.05, 0.1) is 12.7 Å². The van der Waals surface area contributed by atoms with Gasteiger partial charge in [-0.3, -0.25) is 0 Å². The third kappa shape index (κ3) is 7.95. The van der Waals surface area contributed by atoms with Crippen molar-refractivity contribution < 1.29 is 9.84 Å². The summed E-state index contributed by atoms with van der Waals surface area (Å²) in [4.78, 5) is 2.31. The molecular formula is C15H26N2O2. The van der Waals surface area contributed by atoms with Crippen LogP contribution in [0.1, 0.15) is 12.0 Å². The molecule has 0 aliphatic heterocycles. The van der Waals surface area contributed by atoms with Gasteiger partial charge in [0.15, 0.2) is 0 Å². The Morgan fingerprint density at radius 3 is 2.74 bits per heavy atom. The summed E-state index contributed by atoms with van der Waals surface area (Å²) in [6, 6.07) is 10.5. The first kappa shape index (κ1) is 16.1. The minimum Gasteiger partial charge on any atom is -0.389 e. The van der Waals surface area contributed by atoms with Crippen LogP contribution in [0.4, 0.5) is 0 Å². The topological polar surface area (TPSA) is 44.7 Å². The summed E-state index contributed by atoms with van der Waals surface area (Å²) in [5.41, 5.74) is 1.34. The second-order valence-corrected chi connectivity index (χ2v) is 4.89. The van der Waals surface area contributed by atoms with Crippen molar-refractivity contribution in [3.05, 3.63) is 35.9 Å². The van der Waals surface area contributed by atoms with Crippen molar-refractivity contribution in [1.29, 1.82) is 0 Å². The first-order valence-corrected chi connectivity index (χ1v) is 6.82. The molecule has 0 aliphatic rings. The number of nitrogens with one attached hydrogen (secondary N) is 1. The molecule has 1 rings (SSSR count). The minimum absolute atomic E-state index is 0.390. The van der Waals surface area contributed by atoms with Gasteiger partial charge < -0.3 is 20.1 Å². The van der Waals surface area contributed by atoms with Gasteiger partial charge in [-0.2, -0.15) is 0 Å². The fourth-order valence-electron chi connectivity index (χ4n) is 1.97. The summed E-state index contributed by atoms with van der Waals surface area (Å²) in [5.74, 6) is 0. The Balaban J connectivity index is 2.03. The van der Waals surface area contributed by atoms with E-state index in [1.807, 2.05) is 6.07 Å². The zero-order valence-electron chi connectivity index (χ0n) is 12.0. The lowest BCUT2D eigenvalue weighted by atomic mass is 10.2. The maximum absolute atomic E-state index is 9.45. The molecule has 108 valence electrons. The average Bonchev–Trinajstić information content (AvgIpc) is 2.40. The van der Waals surface area contributed by atoms with E-state index in [4.69, 9.17) is 4.74 Å². The van der Waals surface area contributed by atoms with E-state index in [2.05, 4.69) is 41.5 Å². The number of ether oxygens (including phenoxy) is 1. The summed E-state index contributed by atoms with van der Waals surface area (Å²) in [6.45, 7) is 3.92. The van der Waals surface area contributed by atoms with Gasteiger partial charge in [0.25, 0.3) is 0 Å². The Hall–Kier alpha value is -0.940. The number of aliphatic hydroxyl groups excluding tert-OH is 1. The highest BCUT2D eigenvalue weighted by atomic mass is 16.5. The molecule has 1 unspecified atom stereocenters. The van der Waals surface area contributed by atoms with Crippen molar-refractivity contribution in [3.8, 4) is 0 Å². The molecule has 1 aromatic rings. The smallest absolute Gasteiger partial charge is 0.0897 e. The Kier molecular flexibility index (Phi) is 8.41. The highest BCUT2D eigenvalue weighted by Gasteiger charge is 2.02. The van der Waals surface area contributed by atoms with Crippen LogP contribution >= 0.6 is 0 Å². The third-order valence-corrected chi connectivity index (χ3v) is 2.93. The van der Waals surface area contributed by atoms with Crippen molar-refractivity contribution in [3.63, 3.8) is 0 Å². The van der Waals surface area contributed by atoms with E-state index in [1.165, 1.54) is 5.56 Å². The van der Waals surface area contributed by atoms with E-state index in [0.717, 1.165) is 26.1 Å². The molecule has 0 aliphatic carbocycles. The van der Waals surface area contributed by atoms with E-state index in [9.17, 15) is 5.11 Å². The summed E-state index contributed by atoms with van der Waals surface area (Å²) in [7, 11) is 3.73. The summed E-state index contributed by atoms with van der Waals surface area (Å²) < 4.78 is 4.87. The predicted molar refractivity (Wildman–Crippen MR) is 78.1 cm³/mol. The third-order valence-electron chi connectivity index (χ3n) is 2.93. The van der Waals surface area contributed by atoms with Gasteiger partial charge in [-0.25, -0.2) is 0 Å². The van der Waals surface area contributed by atoms with Gasteiger partial charge >= 0.3 is 0 Å². The van der Waals surface area contributed by atoms with Crippen molar-refractivity contribution in [2.75, 3.05) is 40.4 Å². The molecule has 4 heteroatoms. The number of methoxy groups -OCH3 is 1. The molecule has 19 heavy (non-hydrogen) atoms. The Morgan fingerprint density at radius 2 is 2.05 bits per heavy atom. The molecule has 0 bridgehead atoms. The number of benzene rings is 1. The van der Waals surface area contributed by atoms with Crippen LogP contribution in [0.2, 0.25) is 0 Å². The van der Waals surface area contributed by atoms with Gasteiger partial charge in [0.1, 0.15) is 0 Å². The number of hydrogen-bond donors (Lipinski definition) is 2. The average molecular weight is 266 g/mol. The fourth-order valence-corrected chi connectivity index (χ4v) is 1.97. The number of hydrogen-bond acceptors (Lipinski definition) is 4. The molecular weight excluding hydrogens is 240 g/mol. The molecule has 0 spiro atoms. The molecule has 1 aromatic carbocycles. The van der Waals surface area contributed by atoms with Gasteiger partial charge in [-0.1, -0.05) is 30.3 Å². The van der Waals surface area contributed by atoms with Crippen molar-refractivity contribution in [1.82, 2.24) is 10.2 Å². The van der Waals surface area contributed by atoms with Gasteiger partial charge in [0.2, 0.25) is 0 Å². The van der Waals surface area contributed by atoms with Crippen LogP contribution in [-0.4, -0.2) is 56.5 Å². The Bertz CT molecular complexity index is 319. The summed E-state index contributed by atoms with van der Waals surface area (Å²) in [5, 5.41) is 12.7. The van der Waals surface area contributed by atoms with Crippen LogP contribution in [0.15, 0.2) is 30.3 Å². The Morgan fingerprint density at radius 1 is 1.32 bits per heavy atom. The molecule has 0 amide bonds. The quantitative estimate of drug-likeness (QED) is 0.623. The van der Waals surface area contributed by atoms with Crippen LogP contribution in [0.5, 0.6) is 0 Å². The highest BCUT2D eigenvalue weighted by Crippen LogP contribution is 2.02. The molecule has 0 fully saturated rings. The molecule has 0 radical (unpaired) electrons. The van der Waals surface area contributed by atoms with Crippen molar-refractivity contribution >= 4 is 0 Å². The highest BCUT2D eigenvalue weighted by molar-refractivity contribution is 5.14. The SMILES string of the molecule is COCC(O)CNCCCN(C)Cc1ccccc1. The molecule has 2 N–H and O–H groups in total. The van der Waals surface area contributed by atoms with Gasteiger partial charge in [-0.05, 0) is 32.1 Å². The lowest BCUT2D eigenvalue weighted by molar-refractivity contribution is 0.0645. The van der Waals surface area contributed by atoms with Crippen LogP contribution in [0, 0.1) is 0 Å². The van der Waals surface area contributed by atoms with Crippen LogP contribution in [0.3, 0.4) is 0 Å². The fraction of sp³-hybridized carbons (Fsp3) is 0.600. The Labute approximate surface area is 116 Å². The van der Waals surface area contributed by atoms with E-state index in [-0.39, 0.29) is 0 Å². The monoisotopic (exact) mass is 266 g/mol. The predicted octanol–water partition coefficient (Wildman–Crippen LogP) is 1.11. The lowest BCUT2D eigenvalue weighted by Gasteiger charge is -2.17. The molecule has 0 saturated heterocycles. The van der Waals surface area contributed by atoms with E-state index in [0.29, 0.717) is 13.2 Å². The first-order chi connectivity index (χ1) is 9.22. The van der Waals surface area contributed by atoms with Crippen molar-refractivity contribution in [2.24, 2.45) is 0 Å². The summed E-state index contributed by atoms with van der Waals surface area (Å²) in [6.07, 6.45) is 0.662. The number of aliphatic hydroxyl groups is 1. The molecule has 0 aromatic heterocycles. The maximum Gasteiger partial charge on any atom is 0.0897 e. The second kappa shape index (κ2) is 9.92. The molecule has 0 saturated carbocycles. The largest absolute Gasteiger partial charge is 0.389 e. The normalized spacial score (nSPS) is 12.8. The first-order valence-electron chi connectivity index (χ1n) is 6.82. The molecule has 4 nitrogen and oxygen atoms in total. The zero-order valence-corrected chi connectivity index (χ0v) is 12.0. The zero-order chi connectivity index (χ0) is 13.9. The van der Waals surface area contributed by atoms with Crippen molar-refractivity contribution in [2.45, 2.75) is 19.1 Å². The van der Waals surface area contributed by atoms with Crippen LogP contribution in [0.25, 0.3) is 0 Å². The van der Waals surface area contributed by atoms with Crippen LogP contribution in [-0.2, 0) is 11.3 Å². The van der Waals surface area contributed by atoms with E-state index < -0.39 is 6.10 Å². The van der Waals surface area contributed by atoms with Crippen LogP contribution < -0.4 is 5.32 Å². The van der Waals surface area contributed by atoms with Gasteiger partial charge in [0, 0.05) is 20.2 Å². The minimum atomic E-state index is -0.410. The number of nitrogens with zero attached hydrogens (tertiary/aromatic N) is 1. The second-order valence-electron chi connectivity index (χ2n) is 4.89. The van der Waals surface area contributed by atoms with E-state index >= 15 is 0 Å². The standard InChI is InChI=1S/C15H26N2O2/c1-17(12-14-7-4-3-5-8-14)10-6-9-16-11-15(18)13-19-2/h3-5,7-8,15-16,18H,6,9-13H2,1-2H3. The van der Waals surface area contributed by atoms with Gasteiger partial charge in [-0.15, -0.1) is 0 Å². The number of rotatable bonds is 10. The van der Waals surface area contributed by atoms with E-state index in [1.54, 1.807) is 7.11 Å². The maximum atomic E-state index is 9.45.